The summed E-state index contributed by atoms with van der Waals surface area (Å²) in [5, 5.41) is 20.7. The van der Waals surface area contributed by atoms with Crippen molar-refractivity contribution in [3.8, 4) is 0 Å². The molecule has 1 amide bonds. The number of hydrogen-bond donors (Lipinski definition) is 2. The minimum Gasteiger partial charge on any atom is -0.389 e. The lowest BCUT2D eigenvalue weighted by atomic mass is 10.1. The molecule has 1 aromatic heterocycles. The van der Waals surface area contributed by atoms with Gasteiger partial charge in [0.1, 0.15) is 6.33 Å². The van der Waals surface area contributed by atoms with Crippen LogP contribution < -0.4 is 5.32 Å². The highest BCUT2D eigenvalue weighted by atomic mass is 32.2. The molecule has 0 fully saturated rings. The van der Waals surface area contributed by atoms with Gasteiger partial charge < -0.3 is 15.0 Å². The molecular formula is C11H20N4O2S. The lowest BCUT2D eigenvalue weighted by molar-refractivity contribution is -0.119. The molecule has 0 saturated carbocycles. The summed E-state index contributed by atoms with van der Waals surface area (Å²) in [6, 6.07) is 0.266. The fourth-order valence-electron chi connectivity index (χ4n) is 1.19. The molecule has 1 rings (SSSR count). The lowest BCUT2D eigenvalue weighted by Crippen LogP contribution is -2.38. The third kappa shape index (κ3) is 5.05. The average Bonchev–Trinajstić information content (AvgIpc) is 2.70. The van der Waals surface area contributed by atoms with Crippen LogP contribution in [-0.2, 0) is 4.79 Å². The molecule has 7 heteroatoms. The summed E-state index contributed by atoms with van der Waals surface area (Å²) in [4.78, 5) is 11.6. The van der Waals surface area contributed by atoms with Gasteiger partial charge in [-0.2, -0.15) is 0 Å². The van der Waals surface area contributed by atoms with E-state index < -0.39 is 5.60 Å². The van der Waals surface area contributed by atoms with Gasteiger partial charge in [0.15, 0.2) is 5.16 Å². The zero-order valence-corrected chi connectivity index (χ0v) is 12.0. The number of carbonyl (C=O) groups is 1. The number of amides is 1. The van der Waals surface area contributed by atoms with E-state index in [0.717, 1.165) is 5.16 Å². The summed E-state index contributed by atoms with van der Waals surface area (Å²) in [5.41, 5.74) is -0.891. The Labute approximate surface area is 111 Å². The summed E-state index contributed by atoms with van der Waals surface area (Å²) in [6.45, 7) is 7.60. The Balaban J connectivity index is 2.41. The van der Waals surface area contributed by atoms with Gasteiger partial charge in [0.05, 0.1) is 11.4 Å². The van der Waals surface area contributed by atoms with E-state index in [9.17, 15) is 9.90 Å². The normalized spacial score (nSPS) is 11.9. The molecule has 6 nitrogen and oxygen atoms in total. The second kappa shape index (κ2) is 6.19. The average molecular weight is 272 g/mol. The van der Waals surface area contributed by atoms with E-state index in [2.05, 4.69) is 15.5 Å². The smallest absolute Gasteiger partial charge is 0.230 e. The number of nitrogens with zero attached hydrogens (tertiary/aromatic N) is 3. The number of thioether (sulfide) groups is 1. The molecule has 0 radical (unpaired) electrons. The van der Waals surface area contributed by atoms with Crippen LogP contribution in [0.3, 0.4) is 0 Å². The minimum atomic E-state index is -0.891. The number of aliphatic hydroxyl groups is 1. The van der Waals surface area contributed by atoms with Crippen LogP contribution in [0.4, 0.5) is 0 Å². The molecule has 0 aliphatic rings. The molecule has 1 heterocycles. The van der Waals surface area contributed by atoms with Crippen LogP contribution in [0.15, 0.2) is 11.5 Å². The standard InChI is InChI=1S/C11H20N4O2S/c1-8(2)15-7-13-14-10(15)18-5-9(16)12-6-11(3,4)17/h7-8,17H,5-6H2,1-4H3,(H,12,16). The highest BCUT2D eigenvalue weighted by Gasteiger charge is 2.15. The first-order chi connectivity index (χ1) is 8.29. The number of rotatable bonds is 6. The molecule has 0 bridgehead atoms. The fourth-order valence-corrected chi connectivity index (χ4v) is 2.06. The molecule has 0 aromatic carbocycles. The number of hydrogen-bond acceptors (Lipinski definition) is 5. The van der Waals surface area contributed by atoms with Crippen molar-refractivity contribution in [1.82, 2.24) is 20.1 Å². The summed E-state index contributed by atoms with van der Waals surface area (Å²) in [7, 11) is 0. The van der Waals surface area contributed by atoms with Crippen molar-refractivity contribution < 1.29 is 9.90 Å². The van der Waals surface area contributed by atoms with E-state index in [0.29, 0.717) is 0 Å². The van der Waals surface area contributed by atoms with Gasteiger partial charge in [-0.05, 0) is 27.7 Å². The monoisotopic (exact) mass is 272 g/mol. The Kier molecular flexibility index (Phi) is 5.15. The molecule has 0 atom stereocenters. The minimum absolute atomic E-state index is 0.125. The fraction of sp³-hybridized carbons (Fsp3) is 0.727. The van der Waals surface area contributed by atoms with Crippen LogP contribution in [0, 0.1) is 0 Å². The molecule has 0 aliphatic heterocycles. The van der Waals surface area contributed by atoms with Crippen LogP contribution >= 0.6 is 11.8 Å². The summed E-state index contributed by atoms with van der Waals surface area (Å²) >= 11 is 1.34. The van der Waals surface area contributed by atoms with Crippen molar-refractivity contribution in [2.75, 3.05) is 12.3 Å². The first kappa shape index (κ1) is 15.0. The van der Waals surface area contributed by atoms with Gasteiger partial charge in [0, 0.05) is 12.6 Å². The van der Waals surface area contributed by atoms with Gasteiger partial charge >= 0.3 is 0 Å². The van der Waals surface area contributed by atoms with Gasteiger partial charge in [0.25, 0.3) is 0 Å². The van der Waals surface area contributed by atoms with Gasteiger partial charge in [0.2, 0.25) is 5.91 Å². The van der Waals surface area contributed by atoms with E-state index in [1.807, 2.05) is 18.4 Å². The first-order valence-electron chi connectivity index (χ1n) is 5.81. The van der Waals surface area contributed by atoms with Gasteiger partial charge in [-0.1, -0.05) is 11.8 Å². The molecule has 0 aliphatic carbocycles. The van der Waals surface area contributed by atoms with Crippen LogP contribution in [0.5, 0.6) is 0 Å². The maximum Gasteiger partial charge on any atom is 0.230 e. The molecule has 102 valence electrons. The Morgan fingerprint density at radius 3 is 2.83 bits per heavy atom. The molecular weight excluding hydrogens is 252 g/mol. The second-order valence-corrected chi connectivity index (χ2v) is 5.93. The molecule has 0 unspecified atom stereocenters. The van der Waals surface area contributed by atoms with Gasteiger partial charge in [-0.3, -0.25) is 4.79 Å². The molecule has 18 heavy (non-hydrogen) atoms. The predicted octanol–water partition coefficient (Wildman–Crippen LogP) is 0.838. The maximum atomic E-state index is 11.6. The van der Waals surface area contributed by atoms with Crippen LogP contribution in [0.25, 0.3) is 0 Å². The maximum absolute atomic E-state index is 11.6. The highest BCUT2D eigenvalue weighted by Crippen LogP contribution is 2.18. The van der Waals surface area contributed by atoms with E-state index in [1.165, 1.54) is 11.8 Å². The number of nitrogens with one attached hydrogen (secondary N) is 1. The molecule has 0 saturated heterocycles. The van der Waals surface area contributed by atoms with E-state index in [4.69, 9.17) is 0 Å². The van der Waals surface area contributed by atoms with Crippen LogP contribution in [0.1, 0.15) is 33.7 Å². The third-order valence-electron chi connectivity index (χ3n) is 2.15. The molecule has 1 aromatic rings. The topological polar surface area (TPSA) is 80.0 Å². The Morgan fingerprint density at radius 1 is 1.61 bits per heavy atom. The van der Waals surface area contributed by atoms with Crippen LogP contribution in [-0.4, -0.2) is 43.7 Å². The lowest BCUT2D eigenvalue weighted by Gasteiger charge is -2.17. The number of aromatic nitrogens is 3. The van der Waals surface area contributed by atoms with E-state index in [1.54, 1.807) is 20.2 Å². The summed E-state index contributed by atoms with van der Waals surface area (Å²) in [5.74, 6) is 0.141. The Hall–Kier alpha value is -1.08. The third-order valence-corrected chi connectivity index (χ3v) is 3.10. The Morgan fingerprint density at radius 2 is 2.28 bits per heavy atom. The van der Waals surface area contributed by atoms with Crippen molar-refractivity contribution in [2.24, 2.45) is 0 Å². The van der Waals surface area contributed by atoms with Crippen molar-refractivity contribution >= 4 is 17.7 Å². The summed E-state index contributed by atoms with van der Waals surface area (Å²) < 4.78 is 1.91. The SMILES string of the molecule is CC(C)n1cnnc1SCC(=O)NCC(C)(C)O. The predicted molar refractivity (Wildman–Crippen MR) is 70.4 cm³/mol. The Bertz CT molecular complexity index is 398. The van der Waals surface area contributed by atoms with Gasteiger partial charge in [-0.15, -0.1) is 10.2 Å². The summed E-state index contributed by atoms with van der Waals surface area (Å²) in [6.07, 6.45) is 1.65. The number of carbonyl (C=O) groups excluding carboxylic acids is 1. The van der Waals surface area contributed by atoms with E-state index >= 15 is 0 Å². The van der Waals surface area contributed by atoms with Crippen molar-refractivity contribution in [3.63, 3.8) is 0 Å². The highest BCUT2D eigenvalue weighted by molar-refractivity contribution is 7.99. The largest absolute Gasteiger partial charge is 0.389 e. The zero-order valence-electron chi connectivity index (χ0n) is 11.2. The van der Waals surface area contributed by atoms with E-state index in [-0.39, 0.29) is 24.2 Å². The van der Waals surface area contributed by atoms with Gasteiger partial charge in [-0.25, -0.2) is 0 Å². The van der Waals surface area contributed by atoms with Crippen molar-refractivity contribution in [2.45, 2.75) is 44.5 Å². The zero-order chi connectivity index (χ0) is 13.8. The van der Waals surface area contributed by atoms with Crippen molar-refractivity contribution in [1.29, 1.82) is 0 Å². The quantitative estimate of drug-likeness (QED) is 0.750. The second-order valence-electron chi connectivity index (χ2n) is 4.99. The van der Waals surface area contributed by atoms with Crippen LogP contribution in [0.2, 0.25) is 0 Å². The first-order valence-corrected chi connectivity index (χ1v) is 6.79. The van der Waals surface area contributed by atoms with Crippen molar-refractivity contribution in [3.05, 3.63) is 6.33 Å². The molecule has 2 N–H and O–H groups in total. The molecule has 0 spiro atoms.